The summed E-state index contributed by atoms with van der Waals surface area (Å²) in [5.74, 6) is 0.845. The molecule has 1 aliphatic rings. The van der Waals surface area contributed by atoms with E-state index in [9.17, 15) is 4.79 Å². The quantitative estimate of drug-likeness (QED) is 0.775. The Labute approximate surface area is 140 Å². The molecule has 4 rings (SSSR count). The van der Waals surface area contributed by atoms with Crippen molar-refractivity contribution in [1.82, 2.24) is 10.6 Å². The van der Waals surface area contributed by atoms with Crippen LogP contribution < -0.4 is 10.6 Å². The molecular weight excluding hydrogens is 312 g/mol. The van der Waals surface area contributed by atoms with Gasteiger partial charge in [-0.15, -0.1) is 12.4 Å². The molecule has 1 aromatic heterocycles. The van der Waals surface area contributed by atoms with Gasteiger partial charge in [-0.3, -0.25) is 4.79 Å². The summed E-state index contributed by atoms with van der Waals surface area (Å²) in [6.45, 7) is 4.59. The fraction of sp³-hybridized carbons (Fsp3) is 0.278. The van der Waals surface area contributed by atoms with Crippen LogP contribution >= 0.6 is 12.4 Å². The monoisotopic (exact) mass is 330 g/mol. The zero-order valence-corrected chi connectivity index (χ0v) is 13.7. The molecule has 0 bridgehead atoms. The van der Waals surface area contributed by atoms with E-state index in [1.165, 1.54) is 0 Å². The minimum Gasteiger partial charge on any atom is -0.450 e. The number of carbonyl (C=O) groups is 1. The summed E-state index contributed by atoms with van der Waals surface area (Å²) in [7, 11) is 0. The molecule has 2 N–H and O–H groups in total. The molecule has 0 saturated carbocycles. The first-order valence-corrected chi connectivity index (χ1v) is 7.64. The van der Waals surface area contributed by atoms with E-state index in [1.807, 2.05) is 31.2 Å². The summed E-state index contributed by atoms with van der Waals surface area (Å²) in [5.41, 5.74) is 1.70. The Bertz CT molecular complexity index is 868. The van der Waals surface area contributed by atoms with Gasteiger partial charge in [-0.05, 0) is 12.3 Å². The highest BCUT2D eigenvalue weighted by Crippen LogP contribution is 2.31. The van der Waals surface area contributed by atoms with Crippen molar-refractivity contribution in [3.63, 3.8) is 0 Å². The smallest absolute Gasteiger partial charge is 0.287 e. The topological polar surface area (TPSA) is 54.3 Å². The zero-order chi connectivity index (χ0) is 15.1. The molecule has 1 fully saturated rings. The number of fused-ring (bicyclic) bond motifs is 3. The third kappa shape index (κ3) is 2.69. The summed E-state index contributed by atoms with van der Waals surface area (Å²) in [4.78, 5) is 12.4. The maximum atomic E-state index is 12.4. The molecule has 0 aliphatic carbocycles. The molecule has 2 aromatic carbocycles. The standard InChI is InChI=1S/C18H18N2O2.ClH/c1-11-14-7-6-13-4-2-3-5-15(13)17(14)22-16(11)18(21)20-10-12-8-19-9-12;/h2-7,12,19H,8-10H2,1H3,(H,20,21);1H. The number of hydrogen-bond acceptors (Lipinski definition) is 3. The largest absolute Gasteiger partial charge is 0.450 e. The lowest BCUT2D eigenvalue weighted by Gasteiger charge is -2.26. The van der Waals surface area contributed by atoms with Crippen LogP contribution in [0, 0.1) is 12.8 Å². The van der Waals surface area contributed by atoms with Crippen LogP contribution in [0.1, 0.15) is 16.1 Å². The predicted molar refractivity (Wildman–Crippen MR) is 94.4 cm³/mol. The number of halogens is 1. The Balaban J connectivity index is 0.00000156. The van der Waals surface area contributed by atoms with Gasteiger partial charge < -0.3 is 15.1 Å². The number of amides is 1. The van der Waals surface area contributed by atoms with Crippen molar-refractivity contribution in [2.45, 2.75) is 6.92 Å². The second-order valence-corrected chi connectivity index (χ2v) is 5.95. The summed E-state index contributed by atoms with van der Waals surface area (Å²) < 4.78 is 5.93. The van der Waals surface area contributed by atoms with Gasteiger partial charge in [0.2, 0.25) is 0 Å². The minimum absolute atomic E-state index is 0. The summed E-state index contributed by atoms with van der Waals surface area (Å²) >= 11 is 0. The molecule has 1 amide bonds. The Hall–Kier alpha value is -2.04. The normalized spacial score (nSPS) is 14.5. The van der Waals surface area contributed by atoms with Crippen LogP contribution in [0.25, 0.3) is 21.7 Å². The molecule has 120 valence electrons. The van der Waals surface area contributed by atoms with Crippen molar-refractivity contribution in [3.8, 4) is 0 Å². The van der Waals surface area contributed by atoms with Gasteiger partial charge in [0.15, 0.2) is 5.76 Å². The van der Waals surface area contributed by atoms with Crippen molar-refractivity contribution in [2.75, 3.05) is 19.6 Å². The van der Waals surface area contributed by atoms with E-state index >= 15 is 0 Å². The Morgan fingerprint density at radius 2 is 2.00 bits per heavy atom. The lowest BCUT2D eigenvalue weighted by molar-refractivity contribution is 0.0916. The highest BCUT2D eigenvalue weighted by Gasteiger charge is 2.21. The molecule has 5 heteroatoms. The average Bonchev–Trinajstić information content (AvgIpc) is 2.83. The summed E-state index contributed by atoms with van der Waals surface area (Å²) in [6, 6.07) is 12.2. The van der Waals surface area contributed by atoms with Crippen LogP contribution in [0.3, 0.4) is 0 Å². The third-order valence-corrected chi connectivity index (χ3v) is 4.45. The van der Waals surface area contributed by atoms with Gasteiger partial charge in [-0.25, -0.2) is 0 Å². The molecule has 2 heterocycles. The van der Waals surface area contributed by atoms with Crippen LogP contribution in [-0.4, -0.2) is 25.5 Å². The first-order valence-electron chi connectivity index (χ1n) is 7.64. The fourth-order valence-corrected chi connectivity index (χ4v) is 2.98. The van der Waals surface area contributed by atoms with E-state index in [0.29, 0.717) is 18.2 Å². The fourth-order valence-electron chi connectivity index (χ4n) is 2.98. The molecule has 0 atom stereocenters. The lowest BCUT2D eigenvalue weighted by atomic mass is 10.0. The number of hydrogen-bond donors (Lipinski definition) is 2. The van der Waals surface area contributed by atoms with Gasteiger partial charge >= 0.3 is 0 Å². The zero-order valence-electron chi connectivity index (χ0n) is 12.9. The van der Waals surface area contributed by atoms with Crippen molar-refractivity contribution in [3.05, 3.63) is 47.7 Å². The second kappa shape index (κ2) is 6.22. The van der Waals surface area contributed by atoms with Crippen molar-refractivity contribution >= 4 is 40.1 Å². The van der Waals surface area contributed by atoms with E-state index in [2.05, 4.69) is 22.8 Å². The number of carbonyl (C=O) groups excluding carboxylic acids is 1. The Morgan fingerprint density at radius 3 is 2.74 bits per heavy atom. The maximum Gasteiger partial charge on any atom is 0.287 e. The molecule has 3 aromatic rings. The van der Waals surface area contributed by atoms with E-state index in [1.54, 1.807) is 0 Å². The molecular formula is C18H19ClN2O2. The van der Waals surface area contributed by atoms with Crippen LogP contribution in [0.2, 0.25) is 0 Å². The van der Waals surface area contributed by atoms with Gasteiger partial charge in [-0.2, -0.15) is 0 Å². The number of benzene rings is 2. The van der Waals surface area contributed by atoms with Crippen molar-refractivity contribution < 1.29 is 9.21 Å². The van der Waals surface area contributed by atoms with E-state index in [4.69, 9.17) is 4.42 Å². The number of furan rings is 1. The van der Waals surface area contributed by atoms with Gasteiger partial charge in [0.05, 0.1) is 0 Å². The SMILES string of the molecule is Cc1c(C(=O)NCC2CNC2)oc2c1ccc1ccccc12.Cl. The molecule has 0 spiro atoms. The van der Waals surface area contributed by atoms with E-state index < -0.39 is 0 Å². The molecule has 4 nitrogen and oxygen atoms in total. The average molecular weight is 331 g/mol. The molecule has 23 heavy (non-hydrogen) atoms. The first-order chi connectivity index (χ1) is 10.7. The van der Waals surface area contributed by atoms with Crippen molar-refractivity contribution in [2.24, 2.45) is 5.92 Å². The predicted octanol–water partition coefficient (Wildman–Crippen LogP) is 3.27. The highest BCUT2D eigenvalue weighted by molar-refractivity contribution is 6.08. The minimum atomic E-state index is -0.121. The summed E-state index contributed by atoms with van der Waals surface area (Å²) in [5, 5.41) is 9.36. The second-order valence-electron chi connectivity index (χ2n) is 5.95. The summed E-state index contributed by atoms with van der Waals surface area (Å²) in [6.07, 6.45) is 0. The molecule has 0 unspecified atom stereocenters. The Kier molecular flexibility index (Phi) is 4.28. The first kappa shape index (κ1) is 15.8. The number of nitrogens with one attached hydrogen (secondary N) is 2. The van der Waals surface area contributed by atoms with Gasteiger partial charge in [0.25, 0.3) is 5.91 Å². The highest BCUT2D eigenvalue weighted by atomic mass is 35.5. The molecule has 1 saturated heterocycles. The van der Waals surface area contributed by atoms with Gasteiger partial charge in [-0.1, -0.05) is 36.4 Å². The van der Waals surface area contributed by atoms with E-state index in [-0.39, 0.29) is 18.3 Å². The van der Waals surface area contributed by atoms with Crippen LogP contribution in [-0.2, 0) is 0 Å². The Morgan fingerprint density at radius 1 is 1.22 bits per heavy atom. The molecule has 1 aliphatic heterocycles. The van der Waals surface area contributed by atoms with Crippen molar-refractivity contribution in [1.29, 1.82) is 0 Å². The lowest BCUT2D eigenvalue weighted by Crippen LogP contribution is -2.48. The number of rotatable bonds is 3. The van der Waals surface area contributed by atoms with E-state index in [0.717, 1.165) is 40.4 Å². The van der Waals surface area contributed by atoms with Crippen LogP contribution in [0.4, 0.5) is 0 Å². The van der Waals surface area contributed by atoms with Gasteiger partial charge in [0.1, 0.15) is 5.58 Å². The molecule has 0 radical (unpaired) electrons. The van der Waals surface area contributed by atoms with Crippen LogP contribution in [0.15, 0.2) is 40.8 Å². The van der Waals surface area contributed by atoms with Gasteiger partial charge in [0, 0.05) is 41.9 Å². The number of aryl methyl sites for hydroxylation is 1. The van der Waals surface area contributed by atoms with Crippen LogP contribution in [0.5, 0.6) is 0 Å². The third-order valence-electron chi connectivity index (χ3n) is 4.45. The maximum absolute atomic E-state index is 12.4.